The lowest BCUT2D eigenvalue weighted by atomic mass is 9.95. The lowest BCUT2D eigenvalue weighted by molar-refractivity contribution is 0.0944. The molecule has 70 heavy (non-hydrogen) atoms. The normalized spacial score (nSPS) is 19.7. The Morgan fingerprint density at radius 2 is 1.03 bits per heavy atom. The number of carbonyl (C=O) groups is 2. The third-order valence-corrected chi connectivity index (χ3v) is 17.2. The van der Waals surface area contributed by atoms with E-state index < -0.39 is 0 Å². The number of fused-ring (bicyclic) bond motifs is 2. The molecule has 10 rings (SSSR count). The zero-order valence-electron chi connectivity index (χ0n) is 42.2. The van der Waals surface area contributed by atoms with E-state index >= 15 is 0 Å². The third-order valence-electron chi connectivity index (χ3n) is 15.0. The van der Waals surface area contributed by atoms with Crippen molar-refractivity contribution >= 4 is 66.6 Å². The first-order valence-corrected chi connectivity index (χ1v) is 27.0. The van der Waals surface area contributed by atoms with Crippen LogP contribution in [-0.2, 0) is 0 Å². The quantitative estimate of drug-likeness (QED) is 0.117. The maximum absolute atomic E-state index is 13.2. The van der Waals surface area contributed by atoms with E-state index in [-0.39, 0.29) is 17.9 Å². The molecule has 2 atom stereocenters. The van der Waals surface area contributed by atoms with E-state index in [2.05, 4.69) is 102 Å². The molecular weight excluding hydrogens is 913 g/mol. The van der Waals surface area contributed by atoms with Crippen molar-refractivity contribution in [2.45, 2.75) is 70.5 Å². The molecule has 2 aromatic carbocycles. The van der Waals surface area contributed by atoms with Crippen molar-refractivity contribution in [3.63, 3.8) is 0 Å². The first-order valence-electron chi connectivity index (χ1n) is 25.4. The van der Waals surface area contributed by atoms with Gasteiger partial charge in [0, 0.05) is 88.7 Å². The van der Waals surface area contributed by atoms with Crippen LogP contribution in [0.3, 0.4) is 0 Å². The number of likely N-dealkylation sites (N-methyl/N-ethyl adjacent to an activating group) is 4. The molecule has 0 spiro atoms. The van der Waals surface area contributed by atoms with Crippen LogP contribution in [0, 0.1) is 11.8 Å². The molecule has 0 aliphatic carbocycles. The number of nitrogens with one attached hydrogen (secondary N) is 2. The summed E-state index contributed by atoms with van der Waals surface area (Å²) in [5.41, 5.74) is 3.97. The number of anilines is 2. The summed E-state index contributed by atoms with van der Waals surface area (Å²) in [6, 6.07) is 21.8. The van der Waals surface area contributed by atoms with Crippen LogP contribution in [0.5, 0.6) is 0 Å². The molecule has 0 saturated carbocycles. The first-order chi connectivity index (χ1) is 33.9. The second kappa shape index (κ2) is 22.5. The number of carbonyl (C=O) groups excluding carboxylic acids is 2. The third kappa shape index (κ3) is 11.2. The number of piperidine rings is 2. The molecule has 2 unspecified atom stereocenters. The van der Waals surface area contributed by atoms with Gasteiger partial charge in [-0.1, -0.05) is 60.7 Å². The highest BCUT2D eigenvalue weighted by molar-refractivity contribution is 7.21. The summed E-state index contributed by atoms with van der Waals surface area (Å²) in [6.45, 7) is 15.0. The van der Waals surface area contributed by atoms with Gasteiger partial charge >= 0.3 is 0 Å². The average molecular weight is 985 g/mol. The minimum atomic E-state index is -0.0768. The summed E-state index contributed by atoms with van der Waals surface area (Å²) < 4.78 is 0. The van der Waals surface area contributed by atoms with Gasteiger partial charge in [-0.15, -0.1) is 22.7 Å². The topological polar surface area (TPSA) is 129 Å². The lowest BCUT2D eigenvalue weighted by Gasteiger charge is -2.36. The van der Waals surface area contributed by atoms with Gasteiger partial charge < -0.3 is 40.0 Å². The van der Waals surface area contributed by atoms with Gasteiger partial charge in [-0.25, -0.2) is 19.9 Å². The number of benzene rings is 2. The Hall–Kier alpha value is -5.10. The molecule has 4 saturated heterocycles. The Bertz CT molecular complexity index is 2700. The summed E-state index contributed by atoms with van der Waals surface area (Å²) >= 11 is 2.92. The van der Waals surface area contributed by atoms with Crippen LogP contribution in [0.2, 0.25) is 0 Å². The molecule has 4 fully saturated rings. The highest BCUT2D eigenvalue weighted by Gasteiger charge is 2.32. The zero-order chi connectivity index (χ0) is 48.9. The van der Waals surface area contributed by atoms with Gasteiger partial charge in [-0.2, -0.15) is 0 Å². The Morgan fingerprint density at radius 3 is 1.40 bits per heavy atom. The molecule has 6 aromatic rings. The maximum atomic E-state index is 13.2. The highest BCUT2D eigenvalue weighted by Crippen LogP contribution is 2.44. The van der Waals surface area contributed by atoms with Crippen molar-refractivity contribution in [2.75, 3.05) is 110 Å². The average Bonchev–Trinajstić information content (AvgIpc) is 4.20. The molecular formula is C54H72N12O2S2. The monoisotopic (exact) mass is 985 g/mol. The molecule has 2 amide bonds. The van der Waals surface area contributed by atoms with Crippen LogP contribution in [0.15, 0.2) is 73.3 Å². The molecule has 14 nitrogen and oxygen atoms in total. The summed E-state index contributed by atoms with van der Waals surface area (Å²) in [4.78, 5) is 62.7. The van der Waals surface area contributed by atoms with Crippen LogP contribution in [0.1, 0.15) is 71.7 Å². The van der Waals surface area contributed by atoms with E-state index in [1.165, 1.54) is 74.8 Å². The van der Waals surface area contributed by atoms with Crippen LogP contribution in [-0.4, -0.2) is 170 Å². The van der Waals surface area contributed by atoms with E-state index in [4.69, 9.17) is 9.97 Å². The standard InChI is InChI=1S/C28H38N6OS.C26H34N6OS/c1-19(2)31-27(35)25-23(21-8-6-5-7-9-21)24-26(29-18-30-28(24)36-25)34-14-10-20(11-15-34)16-33(4)22-12-13-32(3)17-22;1-27-25(33)23-21(19-7-5-4-6-8-19)22-24(28-17-29-26(22)34-23)32-13-9-18(10-14-32)15-31(3)20-11-12-30(2)16-20/h5-9,18-20,22H,10-17H2,1-4H3,(H,31,35);4-8,17-18,20H,9-16H2,1-3H3,(H,27,33). The number of amides is 2. The number of thiophene rings is 2. The van der Waals surface area contributed by atoms with Crippen molar-refractivity contribution in [3.8, 4) is 22.3 Å². The number of hydrogen-bond donors (Lipinski definition) is 2. The summed E-state index contributed by atoms with van der Waals surface area (Å²) in [5, 5.41) is 7.89. The van der Waals surface area contributed by atoms with Crippen LogP contribution < -0.4 is 20.4 Å². The van der Waals surface area contributed by atoms with Gasteiger partial charge in [0.25, 0.3) is 11.8 Å². The van der Waals surface area contributed by atoms with Gasteiger partial charge in [0.2, 0.25) is 0 Å². The fraction of sp³-hybridized carbons (Fsp3) is 0.519. The SMILES string of the molecule is CC(C)NC(=O)c1sc2ncnc(N3CCC(CN(C)C4CCN(C)C4)CC3)c2c1-c1ccccc1.CNC(=O)c1sc2ncnc(N3CCC(CN(C)C4CCN(C)C4)CC3)c2c1-c1ccccc1. The van der Waals surface area contributed by atoms with Gasteiger partial charge in [0.05, 0.1) is 10.8 Å². The number of rotatable bonds is 13. The number of aromatic nitrogens is 4. The molecule has 8 heterocycles. The van der Waals surface area contributed by atoms with Crippen LogP contribution in [0.4, 0.5) is 11.6 Å². The highest BCUT2D eigenvalue weighted by atomic mass is 32.1. The van der Waals surface area contributed by atoms with Gasteiger partial charge in [-0.05, 0) is 117 Å². The fourth-order valence-electron chi connectivity index (χ4n) is 11.1. The van der Waals surface area contributed by atoms with E-state index in [9.17, 15) is 9.59 Å². The van der Waals surface area contributed by atoms with Crippen molar-refractivity contribution in [3.05, 3.63) is 83.1 Å². The van der Waals surface area contributed by atoms with Gasteiger partial charge in [0.15, 0.2) is 0 Å². The van der Waals surface area contributed by atoms with Crippen molar-refractivity contribution < 1.29 is 9.59 Å². The Balaban J connectivity index is 0.000000174. The van der Waals surface area contributed by atoms with E-state index in [0.717, 1.165) is 106 Å². The number of likely N-dealkylation sites (tertiary alicyclic amines) is 2. The predicted octanol–water partition coefficient (Wildman–Crippen LogP) is 7.92. The number of hydrogen-bond acceptors (Lipinski definition) is 14. The Kier molecular flexibility index (Phi) is 16.1. The minimum Gasteiger partial charge on any atom is -0.356 e. The molecule has 4 aliphatic heterocycles. The number of nitrogens with zero attached hydrogens (tertiary/aromatic N) is 10. The second-order valence-corrected chi connectivity index (χ2v) is 22.5. The van der Waals surface area contributed by atoms with Crippen molar-refractivity contribution in [2.24, 2.45) is 11.8 Å². The first kappa shape index (κ1) is 49.9. The van der Waals surface area contributed by atoms with Crippen molar-refractivity contribution in [1.82, 2.24) is 50.2 Å². The molecule has 0 bridgehead atoms. The fourth-order valence-corrected chi connectivity index (χ4v) is 13.3. The van der Waals surface area contributed by atoms with E-state index in [1.807, 2.05) is 50.2 Å². The molecule has 16 heteroatoms. The maximum Gasteiger partial charge on any atom is 0.262 e. The lowest BCUT2D eigenvalue weighted by Crippen LogP contribution is -2.42. The van der Waals surface area contributed by atoms with Crippen LogP contribution in [0.25, 0.3) is 42.7 Å². The Labute approximate surface area is 422 Å². The van der Waals surface area contributed by atoms with Gasteiger partial charge in [-0.3, -0.25) is 9.59 Å². The van der Waals surface area contributed by atoms with E-state index in [1.54, 1.807) is 19.7 Å². The predicted molar refractivity (Wildman–Crippen MR) is 289 cm³/mol. The largest absolute Gasteiger partial charge is 0.356 e. The molecule has 372 valence electrons. The zero-order valence-corrected chi connectivity index (χ0v) is 43.9. The minimum absolute atomic E-state index is 0.0443. The molecule has 2 N–H and O–H groups in total. The summed E-state index contributed by atoms with van der Waals surface area (Å²) in [7, 11) is 10.7. The smallest absolute Gasteiger partial charge is 0.262 e. The van der Waals surface area contributed by atoms with Crippen LogP contribution >= 0.6 is 22.7 Å². The Morgan fingerprint density at radius 1 is 0.614 bits per heavy atom. The molecule has 4 aliphatic rings. The molecule has 4 aromatic heterocycles. The van der Waals surface area contributed by atoms with Crippen molar-refractivity contribution in [1.29, 1.82) is 0 Å². The van der Waals surface area contributed by atoms with E-state index in [0.29, 0.717) is 33.7 Å². The summed E-state index contributed by atoms with van der Waals surface area (Å²) in [6.07, 6.45) is 10.5. The van der Waals surface area contributed by atoms with Gasteiger partial charge in [0.1, 0.15) is 43.7 Å². The second-order valence-electron chi connectivity index (χ2n) is 20.5. The molecule has 0 radical (unpaired) electrons. The summed E-state index contributed by atoms with van der Waals surface area (Å²) in [5.74, 6) is 3.21.